The summed E-state index contributed by atoms with van der Waals surface area (Å²) in [5.74, 6) is -1.47. The summed E-state index contributed by atoms with van der Waals surface area (Å²) in [5.41, 5.74) is 4.99. The van der Waals surface area contributed by atoms with Crippen LogP contribution in [-0.2, 0) is 4.74 Å². The molecule has 11 nitrogen and oxygen atoms in total. The Kier molecular flexibility index (Phi) is 6.26. The number of hydrogen-bond acceptors (Lipinski definition) is 9. The van der Waals surface area contributed by atoms with Crippen molar-refractivity contribution in [2.24, 2.45) is 0 Å². The number of methoxy groups -OCH3 is 1. The zero-order chi connectivity index (χ0) is 24.1. The molecule has 4 aromatic rings. The van der Waals surface area contributed by atoms with Gasteiger partial charge in [0, 0.05) is 5.56 Å². The van der Waals surface area contributed by atoms with Gasteiger partial charge in [-0.3, -0.25) is 25.8 Å². The molecule has 170 valence electrons. The maximum atomic E-state index is 12.7. The number of amides is 1. The van der Waals surface area contributed by atoms with E-state index in [1.165, 1.54) is 31.4 Å². The van der Waals surface area contributed by atoms with Crippen molar-refractivity contribution in [3.63, 3.8) is 0 Å². The number of hydrazine groups is 1. The highest BCUT2D eigenvalue weighted by Gasteiger charge is 2.26. The molecule has 0 aliphatic carbocycles. The lowest BCUT2D eigenvalue weighted by Crippen LogP contribution is -2.30. The molecule has 0 bridgehead atoms. The summed E-state index contributed by atoms with van der Waals surface area (Å²) >= 11 is 0. The lowest BCUT2D eigenvalue weighted by atomic mass is 10.0. The molecule has 0 spiro atoms. The zero-order valence-corrected chi connectivity index (χ0v) is 17.7. The van der Waals surface area contributed by atoms with Crippen LogP contribution in [0.15, 0.2) is 73.1 Å². The largest absolute Gasteiger partial charge is 0.465 e. The summed E-state index contributed by atoms with van der Waals surface area (Å²) in [6.45, 7) is 0. The van der Waals surface area contributed by atoms with E-state index in [0.29, 0.717) is 5.56 Å². The third kappa shape index (κ3) is 4.58. The molecule has 0 fully saturated rings. The Morgan fingerprint density at radius 1 is 0.971 bits per heavy atom. The van der Waals surface area contributed by atoms with E-state index in [1.807, 2.05) is 24.3 Å². The normalized spacial score (nSPS) is 10.4. The molecule has 0 saturated carbocycles. The van der Waals surface area contributed by atoms with Gasteiger partial charge in [0.25, 0.3) is 5.91 Å². The van der Waals surface area contributed by atoms with Gasteiger partial charge in [0.2, 0.25) is 5.82 Å². The molecule has 0 aliphatic rings. The summed E-state index contributed by atoms with van der Waals surface area (Å²) in [5, 5.41) is 13.3. The molecule has 0 aliphatic heterocycles. The molecular weight excluding hydrogens is 442 g/mol. The predicted octanol–water partition coefficient (Wildman–Crippen LogP) is 3.87. The van der Waals surface area contributed by atoms with Crippen LogP contribution in [-0.4, -0.2) is 33.9 Å². The van der Waals surface area contributed by atoms with Crippen LogP contribution in [0.2, 0.25) is 0 Å². The van der Waals surface area contributed by atoms with Gasteiger partial charge in [0.15, 0.2) is 0 Å². The van der Waals surface area contributed by atoms with Gasteiger partial charge >= 0.3 is 17.5 Å². The van der Waals surface area contributed by atoms with Crippen molar-refractivity contribution < 1.29 is 24.0 Å². The van der Waals surface area contributed by atoms with Gasteiger partial charge in [0.1, 0.15) is 12.1 Å². The van der Waals surface area contributed by atoms with Crippen LogP contribution in [0.4, 0.5) is 11.5 Å². The van der Waals surface area contributed by atoms with Crippen LogP contribution in [0.3, 0.4) is 0 Å². The fourth-order valence-electron chi connectivity index (χ4n) is 3.19. The highest BCUT2D eigenvalue weighted by molar-refractivity contribution is 6.07. The smallest absolute Gasteiger partial charge is 0.374 e. The number of ether oxygens (including phenoxy) is 2. The molecule has 11 heteroatoms. The number of carbonyl (C=O) groups is 2. The Morgan fingerprint density at radius 3 is 2.44 bits per heavy atom. The fourth-order valence-corrected chi connectivity index (χ4v) is 3.19. The SMILES string of the molecule is COC(=O)c1ccc(Oc2ncnc(NNC(=O)c3cccc4ccccc34)c2[N+](=O)[O-])cc1. The lowest BCUT2D eigenvalue weighted by Gasteiger charge is -2.11. The Morgan fingerprint density at radius 2 is 1.71 bits per heavy atom. The van der Waals surface area contributed by atoms with Crippen molar-refractivity contribution in [2.45, 2.75) is 0 Å². The summed E-state index contributed by atoms with van der Waals surface area (Å²) in [4.78, 5) is 43.0. The highest BCUT2D eigenvalue weighted by atomic mass is 16.6. The lowest BCUT2D eigenvalue weighted by molar-refractivity contribution is -0.385. The number of carbonyl (C=O) groups excluding carboxylic acids is 2. The van der Waals surface area contributed by atoms with Gasteiger partial charge in [-0.15, -0.1) is 0 Å². The number of hydrogen-bond donors (Lipinski definition) is 2. The summed E-state index contributed by atoms with van der Waals surface area (Å²) in [6, 6.07) is 18.3. The van der Waals surface area contributed by atoms with Crippen LogP contribution in [0.25, 0.3) is 10.8 Å². The number of aromatic nitrogens is 2. The number of nitrogens with one attached hydrogen (secondary N) is 2. The van der Waals surface area contributed by atoms with Crippen molar-refractivity contribution in [3.05, 3.63) is 94.3 Å². The van der Waals surface area contributed by atoms with Gasteiger partial charge in [0.05, 0.1) is 17.6 Å². The Labute approximate surface area is 192 Å². The van der Waals surface area contributed by atoms with E-state index >= 15 is 0 Å². The number of fused-ring (bicyclic) bond motifs is 1. The first kappa shape index (κ1) is 22.1. The molecule has 1 aromatic heterocycles. The van der Waals surface area contributed by atoms with Gasteiger partial charge in [-0.25, -0.2) is 9.78 Å². The Hall–Kier alpha value is -5.06. The molecule has 0 atom stereocenters. The Balaban J connectivity index is 1.56. The van der Waals surface area contributed by atoms with E-state index < -0.39 is 22.5 Å². The Bertz CT molecular complexity index is 1390. The minimum atomic E-state index is -0.732. The third-order valence-electron chi connectivity index (χ3n) is 4.79. The van der Waals surface area contributed by atoms with E-state index in [4.69, 9.17) is 4.74 Å². The van der Waals surface area contributed by atoms with Gasteiger partial charge in [-0.05, 0) is 41.1 Å². The first-order valence-corrected chi connectivity index (χ1v) is 9.87. The number of benzene rings is 3. The van der Waals surface area contributed by atoms with Crippen molar-refractivity contribution in [3.8, 4) is 11.6 Å². The van der Waals surface area contributed by atoms with E-state index in [-0.39, 0.29) is 23.0 Å². The minimum absolute atomic E-state index is 0.195. The standard InChI is InChI=1S/C23H17N5O6/c1-33-23(30)15-9-11-16(12-10-15)34-22-19(28(31)32)20(24-13-25-22)26-27-21(29)18-8-4-6-14-5-2-3-7-17(14)18/h2-13H,1H3,(H,27,29)(H,24,25,26). The molecule has 4 rings (SSSR count). The number of rotatable bonds is 7. The number of anilines is 1. The first-order chi connectivity index (χ1) is 16.5. The highest BCUT2D eigenvalue weighted by Crippen LogP contribution is 2.33. The molecule has 34 heavy (non-hydrogen) atoms. The van der Waals surface area contributed by atoms with E-state index in [2.05, 4.69) is 25.6 Å². The fraction of sp³-hybridized carbons (Fsp3) is 0.0435. The van der Waals surface area contributed by atoms with E-state index in [1.54, 1.807) is 18.2 Å². The van der Waals surface area contributed by atoms with Crippen molar-refractivity contribution in [2.75, 3.05) is 12.5 Å². The summed E-state index contributed by atoms with van der Waals surface area (Å²) < 4.78 is 10.2. The number of esters is 1. The van der Waals surface area contributed by atoms with Crippen LogP contribution < -0.4 is 15.6 Å². The van der Waals surface area contributed by atoms with Crippen LogP contribution >= 0.6 is 0 Å². The second-order valence-corrected chi connectivity index (χ2v) is 6.86. The summed E-state index contributed by atoms with van der Waals surface area (Å²) in [6.07, 6.45) is 1.05. The zero-order valence-electron chi connectivity index (χ0n) is 17.7. The first-order valence-electron chi connectivity index (χ1n) is 9.87. The maximum absolute atomic E-state index is 12.7. The number of nitrogens with zero attached hydrogens (tertiary/aromatic N) is 3. The van der Waals surface area contributed by atoms with Gasteiger partial charge < -0.3 is 9.47 Å². The van der Waals surface area contributed by atoms with Gasteiger partial charge in [-0.1, -0.05) is 36.4 Å². The van der Waals surface area contributed by atoms with Gasteiger partial charge in [-0.2, -0.15) is 4.98 Å². The second kappa shape index (κ2) is 9.61. The molecule has 2 N–H and O–H groups in total. The van der Waals surface area contributed by atoms with Crippen LogP contribution in [0, 0.1) is 10.1 Å². The molecule has 3 aromatic carbocycles. The topological polar surface area (TPSA) is 146 Å². The molecule has 0 unspecified atom stereocenters. The molecule has 0 saturated heterocycles. The number of nitro groups is 1. The van der Waals surface area contributed by atoms with Crippen LogP contribution in [0.1, 0.15) is 20.7 Å². The average molecular weight is 459 g/mol. The maximum Gasteiger partial charge on any atom is 0.374 e. The molecule has 1 heterocycles. The van der Waals surface area contributed by atoms with E-state index in [9.17, 15) is 19.7 Å². The second-order valence-electron chi connectivity index (χ2n) is 6.86. The monoisotopic (exact) mass is 459 g/mol. The van der Waals surface area contributed by atoms with Crippen LogP contribution in [0.5, 0.6) is 11.6 Å². The van der Waals surface area contributed by atoms with Crippen molar-refractivity contribution in [1.29, 1.82) is 0 Å². The molecule has 1 amide bonds. The quantitative estimate of drug-likeness (QED) is 0.239. The third-order valence-corrected chi connectivity index (χ3v) is 4.79. The molecular formula is C23H17N5O6. The minimum Gasteiger partial charge on any atom is -0.465 e. The summed E-state index contributed by atoms with van der Waals surface area (Å²) in [7, 11) is 1.25. The van der Waals surface area contributed by atoms with Crippen molar-refractivity contribution in [1.82, 2.24) is 15.4 Å². The van der Waals surface area contributed by atoms with Crippen molar-refractivity contribution >= 4 is 34.2 Å². The average Bonchev–Trinajstić information content (AvgIpc) is 2.86. The molecule has 0 radical (unpaired) electrons. The van der Waals surface area contributed by atoms with E-state index in [0.717, 1.165) is 17.1 Å². The predicted molar refractivity (Wildman–Crippen MR) is 122 cm³/mol.